The van der Waals surface area contributed by atoms with Crippen molar-refractivity contribution >= 4 is 10.0 Å². The van der Waals surface area contributed by atoms with Gasteiger partial charge in [0.1, 0.15) is 0 Å². The van der Waals surface area contributed by atoms with E-state index >= 15 is 0 Å². The summed E-state index contributed by atoms with van der Waals surface area (Å²) >= 11 is 0. The Kier molecular flexibility index (Phi) is 5.10. The molecule has 0 aliphatic carbocycles. The topological polar surface area (TPSA) is 79.2 Å². The molecule has 1 rings (SSSR count). The molecule has 0 spiro atoms. The van der Waals surface area contributed by atoms with Crippen LogP contribution in [0.25, 0.3) is 0 Å². The van der Waals surface area contributed by atoms with Crippen molar-refractivity contribution in [3.63, 3.8) is 0 Å². The first-order valence-corrected chi connectivity index (χ1v) is 6.68. The first kappa shape index (κ1) is 13.6. The van der Waals surface area contributed by atoms with E-state index in [2.05, 4.69) is 4.72 Å². The molecule has 5 nitrogen and oxygen atoms in total. The van der Waals surface area contributed by atoms with Crippen molar-refractivity contribution in [3.05, 3.63) is 35.4 Å². The first-order valence-electron chi connectivity index (χ1n) is 5.03. The van der Waals surface area contributed by atoms with Gasteiger partial charge in [0.15, 0.2) is 0 Å². The predicted octanol–water partition coefficient (Wildman–Crippen LogP) is 0.624. The van der Waals surface area contributed by atoms with Crippen LogP contribution in [0.4, 0.5) is 0 Å². The minimum atomic E-state index is -3.32. The Balaban J connectivity index is 2.58. The number of nitrogens with zero attached hydrogens (tertiary/aromatic N) is 1. The zero-order valence-electron chi connectivity index (χ0n) is 9.51. The lowest BCUT2D eigenvalue weighted by atomic mass is 10.1. The van der Waals surface area contributed by atoms with E-state index in [4.69, 9.17) is 10.00 Å². The van der Waals surface area contributed by atoms with E-state index in [0.29, 0.717) is 5.56 Å². The average Bonchev–Trinajstić information content (AvgIpc) is 2.34. The van der Waals surface area contributed by atoms with Gasteiger partial charge in [-0.3, -0.25) is 0 Å². The van der Waals surface area contributed by atoms with Gasteiger partial charge in [0, 0.05) is 13.7 Å². The van der Waals surface area contributed by atoms with Crippen molar-refractivity contribution in [1.29, 1.82) is 5.26 Å². The Bertz CT molecular complexity index is 506. The minimum absolute atomic E-state index is 0.0680. The number of sulfonamides is 1. The fourth-order valence-electron chi connectivity index (χ4n) is 1.21. The zero-order chi connectivity index (χ0) is 12.7. The SMILES string of the molecule is COCCS(=O)(=O)NCc1cccc(C#N)c1. The Labute approximate surface area is 101 Å². The molecule has 0 atom stereocenters. The highest BCUT2D eigenvalue weighted by atomic mass is 32.2. The summed E-state index contributed by atoms with van der Waals surface area (Å²) in [6.07, 6.45) is 0. The number of rotatable bonds is 6. The molecule has 0 aliphatic rings. The van der Waals surface area contributed by atoms with E-state index in [1.54, 1.807) is 24.3 Å². The molecule has 0 saturated heterocycles. The number of benzene rings is 1. The molecular weight excluding hydrogens is 240 g/mol. The van der Waals surface area contributed by atoms with Gasteiger partial charge in [-0.15, -0.1) is 0 Å². The average molecular weight is 254 g/mol. The van der Waals surface area contributed by atoms with Crippen LogP contribution >= 0.6 is 0 Å². The van der Waals surface area contributed by atoms with Crippen LogP contribution in [0, 0.1) is 11.3 Å². The number of nitrogens with one attached hydrogen (secondary N) is 1. The highest BCUT2D eigenvalue weighted by Gasteiger charge is 2.09. The van der Waals surface area contributed by atoms with Crippen molar-refractivity contribution < 1.29 is 13.2 Å². The van der Waals surface area contributed by atoms with Gasteiger partial charge in [0.05, 0.1) is 24.0 Å². The zero-order valence-corrected chi connectivity index (χ0v) is 10.3. The third-order valence-corrected chi connectivity index (χ3v) is 3.40. The van der Waals surface area contributed by atoms with E-state index in [0.717, 1.165) is 5.56 Å². The van der Waals surface area contributed by atoms with Gasteiger partial charge < -0.3 is 4.74 Å². The number of nitriles is 1. The normalized spacial score (nSPS) is 11.1. The monoisotopic (exact) mass is 254 g/mol. The molecule has 0 saturated carbocycles. The van der Waals surface area contributed by atoms with E-state index in [-0.39, 0.29) is 18.9 Å². The van der Waals surface area contributed by atoms with Crippen LogP contribution in [-0.2, 0) is 21.3 Å². The molecular formula is C11H14N2O3S. The first-order chi connectivity index (χ1) is 8.07. The standard InChI is InChI=1S/C11H14N2O3S/c1-16-5-6-17(14,15)13-9-11-4-2-3-10(7-11)8-12/h2-4,7,13H,5-6,9H2,1H3. The molecule has 0 fully saturated rings. The highest BCUT2D eigenvalue weighted by Crippen LogP contribution is 2.04. The van der Waals surface area contributed by atoms with Crippen LogP contribution in [0.2, 0.25) is 0 Å². The maximum atomic E-state index is 11.5. The van der Waals surface area contributed by atoms with E-state index in [1.165, 1.54) is 7.11 Å². The minimum Gasteiger partial charge on any atom is -0.384 e. The van der Waals surface area contributed by atoms with Gasteiger partial charge in [0.2, 0.25) is 10.0 Å². The molecule has 0 aromatic heterocycles. The molecule has 1 N–H and O–H groups in total. The molecule has 0 radical (unpaired) electrons. The summed E-state index contributed by atoms with van der Waals surface area (Å²) in [5.74, 6) is -0.0680. The van der Waals surface area contributed by atoms with Crippen LogP contribution in [0.15, 0.2) is 24.3 Å². The number of ether oxygens (including phenoxy) is 1. The molecule has 0 bridgehead atoms. The lowest BCUT2D eigenvalue weighted by Gasteiger charge is -2.06. The molecule has 92 valence electrons. The largest absolute Gasteiger partial charge is 0.384 e. The van der Waals surface area contributed by atoms with Crippen molar-refractivity contribution in [3.8, 4) is 6.07 Å². The van der Waals surface area contributed by atoms with E-state index in [9.17, 15) is 8.42 Å². The second-order valence-electron chi connectivity index (χ2n) is 3.44. The Morgan fingerprint density at radius 2 is 2.24 bits per heavy atom. The summed E-state index contributed by atoms with van der Waals surface area (Å²) in [7, 11) is -1.87. The summed E-state index contributed by atoms with van der Waals surface area (Å²) in [5.41, 5.74) is 1.27. The fraction of sp³-hybridized carbons (Fsp3) is 0.364. The van der Waals surface area contributed by atoms with E-state index in [1.807, 2.05) is 6.07 Å². The fourth-order valence-corrected chi connectivity index (χ4v) is 2.13. The van der Waals surface area contributed by atoms with Gasteiger partial charge in [-0.2, -0.15) is 5.26 Å². The van der Waals surface area contributed by atoms with Crippen molar-refractivity contribution in [1.82, 2.24) is 4.72 Å². The molecule has 6 heteroatoms. The van der Waals surface area contributed by atoms with Crippen molar-refractivity contribution in [2.24, 2.45) is 0 Å². The Morgan fingerprint density at radius 3 is 2.88 bits per heavy atom. The van der Waals surface area contributed by atoms with Crippen LogP contribution in [0.5, 0.6) is 0 Å². The third kappa shape index (κ3) is 4.95. The van der Waals surface area contributed by atoms with Crippen molar-refractivity contribution in [2.45, 2.75) is 6.54 Å². The Morgan fingerprint density at radius 1 is 1.47 bits per heavy atom. The highest BCUT2D eigenvalue weighted by molar-refractivity contribution is 7.89. The summed E-state index contributed by atoms with van der Waals surface area (Å²) < 4.78 is 30.1. The van der Waals surface area contributed by atoms with Crippen LogP contribution in [-0.4, -0.2) is 27.9 Å². The second kappa shape index (κ2) is 6.35. The van der Waals surface area contributed by atoms with Gasteiger partial charge in [-0.05, 0) is 17.7 Å². The number of hydrogen-bond donors (Lipinski definition) is 1. The Hall–Kier alpha value is -1.42. The summed E-state index contributed by atoms with van der Waals surface area (Å²) in [6.45, 7) is 0.342. The second-order valence-corrected chi connectivity index (χ2v) is 5.37. The van der Waals surface area contributed by atoms with Gasteiger partial charge in [0.25, 0.3) is 0 Å². The van der Waals surface area contributed by atoms with Gasteiger partial charge in [-0.25, -0.2) is 13.1 Å². The molecule has 0 unspecified atom stereocenters. The molecule has 0 aliphatic heterocycles. The molecule has 0 heterocycles. The van der Waals surface area contributed by atoms with E-state index < -0.39 is 10.0 Å². The van der Waals surface area contributed by atoms with Crippen LogP contribution < -0.4 is 4.72 Å². The molecule has 1 aromatic rings. The summed E-state index contributed by atoms with van der Waals surface area (Å²) in [4.78, 5) is 0. The maximum absolute atomic E-state index is 11.5. The number of hydrogen-bond acceptors (Lipinski definition) is 4. The molecule has 17 heavy (non-hydrogen) atoms. The van der Waals surface area contributed by atoms with Crippen LogP contribution in [0.1, 0.15) is 11.1 Å². The van der Waals surface area contributed by atoms with Gasteiger partial charge >= 0.3 is 0 Å². The maximum Gasteiger partial charge on any atom is 0.214 e. The molecule has 0 amide bonds. The predicted molar refractivity (Wildman–Crippen MR) is 63.7 cm³/mol. The summed E-state index contributed by atoms with van der Waals surface area (Å²) in [5, 5.41) is 8.70. The lowest BCUT2D eigenvalue weighted by molar-refractivity contribution is 0.217. The third-order valence-electron chi connectivity index (χ3n) is 2.11. The molecule has 1 aromatic carbocycles. The quantitative estimate of drug-likeness (QED) is 0.807. The summed E-state index contributed by atoms with van der Waals surface area (Å²) in [6, 6.07) is 8.81. The lowest BCUT2D eigenvalue weighted by Crippen LogP contribution is -2.27. The van der Waals surface area contributed by atoms with Crippen molar-refractivity contribution in [2.75, 3.05) is 19.5 Å². The number of methoxy groups -OCH3 is 1. The smallest absolute Gasteiger partial charge is 0.214 e. The van der Waals surface area contributed by atoms with Crippen LogP contribution in [0.3, 0.4) is 0 Å². The van der Waals surface area contributed by atoms with Gasteiger partial charge in [-0.1, -0.05) is 12.1 Å².